The number of hydrogen-bond donors (Lipinski definition) is 3. The molecular weight excluding hydrogens is 258 g/mol. The van der Waals surface area contributed by atoms with Gasteiger partial charge in [-0.2, -0.15) is 0 Å². The SMILES string of the molecule is Cc1cc(NC(=O)c2cc(NN)nc(C(C)C)c2)no1. The van der Waals surface area contributed by atoms with Gasteiger partial charge in [-0.05, 0) is 25.0 Å². The molecule has 106 valence electrons. The van der Waals surface area contributed by atoms with E-state index in [-0.39, 0.29) is 11.8 Å². The van der Waals surface area contributed by atoms with Crippen LogP contribution in [0.1, 0.15) is 41.6 Å². The number of pyridine rings is 1. The molecular formula is C13H17N5O2. The Hall–Kier alpha value is -2.41. The lowest BCUT2D eigenvalue weighted by molar-refractivity contribution is 0.102. The summed E-state index contributed by atoms with van der Waals surface area (Å²) in [5.74, 6) is 6.71. The van der Waals surface area contributed by atoms with Gasteiger partial charge in [-0.15, -0.1) is 0 Å². The molecule has 4 N–H and O–H groups in total. The second-order valence-corrected chi connectivity index (χ2v) is 4.74. The minimum absolute atomic E-state index is 0.184. The van der Waals surface area contributed by atoms with Gasteiger partial charge in [0.15, 0.2) is 5.82 Å². The quantitative estimate of drug-likeness (QED) is 0.582. The first-order chi connectivity index (χ1) is 9.49. The first kappa shape index (κ1) is 14.0. The van der Waals surface area contributed by atoms with Gasteiger partial charge in [-0.1, -0.05) is 19.0 Å². The maximum atomic E-state index is 12.2. The number of amides is 1. The van der Waals surface area contributed by atoms with E-state index in [1.807, 2.05) is 13.8 Å². The Kier molecular flexibility index (Phi) is 3.99. The molecule has 0 aliphatic rings. The van der Waals surface area contributed by atoms with Gasteiger partial charge < -0.3 is 15.3 Å². The van der Waals surface area contributed by atoms with Crippen LogP contribution in [0.3, 0.4) is 0 Å². The molecule has 1 amide bonds. The highest BCUT2D eigenvalue weighted by Crippen LogP contribution is 2.18. The van der Waals surface area contributed by atoms with Crippen LogP contribution in [-0.2, 0) is 0 Å². The Balaban J connectivity index is 2.26. The molecule has 7 heteroatoms. The van der Waals surface area contributed by atoms with Gasteiger partial charge >= 0.3 is 0 Å². The lowest BCUT2D eigenvalue weighted by atomic mass is 10.1. The average molecular weight is 275 g/mol. The molecule has 2 aromatic rings. The summed E-state index contributed by atoms with van der Waals surface area (Å²) in [6.45, 7) is 5.74. The predicted octanol–water partition coefficient (Wildman–Crippen LogP) is 2.04. The van der Waals surface area contributed by atoms with Crippen molar-refractivity contribution in [2.75, 3.05) is 10.7 Å². The van der Waals surface area contributed by atoms with E-state index < -0.39 is 0 Å². The van der Waals surface area contributed by atoms with Crippen LogP contribution in [0.4, 0.5) is 11.6 Å². The summed E-state index contributed by atoms with van der Waals surface area (Å²) in [6, 6.07) is 4.95. The number of nitrogens with two attached hydrogens (primary N) is 1. The Morgan fingerprint density at radius 3 is 2.60 bits per heavy atom. The molecule has 2 rings (SSSR count). The van der Waals surface area contributed by atoms with E-state index in [9.17, 15) is 4.79 Å². The molecule has 2 aromatic heterocycles. The summed E-state index contributed by atoms with van der Waals surface area (Å²) in [7, 11) is 0. The molecule has 20 heavy (non-hydrogen) atoms. The predicted molar refractivity (Wildman–Crippen MR) is 75.3 cm³/mol. The van der Waals surface area contributed by atoms with E-state index in [0.717, 1.165) is 5.69 Å². The van der Waals surface area contributed by atoms with Gasteiger partial charge in [0, 0.05) is 17.3 Å². The van der Waals surface area contributed by atoms with Crippen LogP contribution in [0.2, 0.25) is 0 Å². The zero-order chi connectivity index (χ0) is 14.7. The number of hydrazine groups is 1. The van der Waals surface area contributed by atoms with Crippen molar-refractivity contribution < 1.29 is 9.32 Å². The monoisotopic (exact) mass is 275 g/mol. The number of rotatable bonds is 4. The number of hydrogen-bond acceptors (Lipinski definition) is 6. The molecule has 0 unspecified atom stereocenters. The van der Waals surface area contributed by atoms with Crippen molar-refractivity contribution in [1.29, 1.82) is 0 Å². The van der Waals surface area contributed by atoms with E-state index in [1.165, 1.54) is 0 Å². The van der Waals surface area contributed by atoms with Gasteiger partial charge in [-0.3, -0.25) is 4.79 Å². The van der Waals surface area contributed by atoms with Crippen LogP contribution in [0, 0.1) is 6.92 Å². The van der Waals surface area contributed by atoms with Gasteiger partial charge in [0.2, 0.25) is 0 Å². The lowest BCUT2D eigenvalue weighted by Gasteiger charge is -2.10. The molecule has 0 saturated carbocycles. The topological polar surface area (TPSA) is 106 Å². The highest BCUT2D eigenvalue weighted by atomic mass is 16.5. The largest absolute Gasteiger partial charge is 0.360 e. The van der Waals surface area contributed by atoms with Gasteiger partial charge in [-0.25, -0.2) is 10.8 Å². The standard InChI is InChI=1S/C13H17N5O2/c1-7(2)10-5-9(6-11(15-10)17-14)13(19)16-12-4-8(3)20-18-12/h4-7H,14H2,1-3H3,(H,15,17)(H,16,18,19). The van der Waals surface area contributed by atoms with Crippen LogP contribution in [0.25, 0.3) is 0 Å². The van der Waals surface area contributed by atoms with Crippen molar-refractivity contribution in [3.63, 3.8) is 0 Å². The second-order valence-electron chi connectivity index (χ2n) is 4.74. The summed E-state index contributed by atoms with van der Waals surface area (Å²) in [5, 5.41) is 6.37. The number of carbonyl (C=O) groups excluding carboxylic acids is 1. The molecule has 0 aliphatic heterocycles. The van der Waals surface area contributed by atoms with E-state index in [0.29, 0.717) is 23.0 Å². The Bertz CT molecular complexity index is 621. The molecule has 0 fully saturated rings. The molecule has 0 aromatic carbocycles. The number of carbonyl (C=O) groups is 1. The minimum Gasteiger partial charge on any atom is -0.360 e. The number of aryl methyl sites for hydroxylation is 1. The molecule has 0 aliphatic carbocycles. The Labute approximate surface area is 116 Å². The van der Waals surface area contributed by atoms with E-state index in [4.69, 9.17) is 10.4 Å². The second kappa shape index (κ2) is 5.70. The first-order valence-electron chi connectivity index (χ1n) is 6.23. The fourth-order valence-electron chi connectivity index (χ4n) is 1.67. The molecule has 7 nitrogen and oxygen atoms in total. The Morgan fingerprint density at radius 2 is 2.05 bits per heavy atom. The lowest BCUT2D eigenvalue weighted by Crippen LogP contribution is -2.16. The number of nitrogens with one attached hydrogen (secondary N) is 2. The fourth-order valence-corrected chi connectivity index (χ4v) is 1.67. The van der Waals surface area contributed by atoms with Gasteiger partial charge in [0.05, 0.1) is 0 Å². The third kappa shape index (κ3) is 3.12. The molecule has 0 radical (unpaired) electrons. The van der Waals surface area contributed by atoms with Gasteiger partial charge in [0.25, 0.3) is 5.91 Å². The van der Waals surface area contributed by atoms with E-state index in [2.05, 4.69) is 20.9 Å². The van der Waals surface area contributed by atoms with Crippen molar-refractivity contribution in [3.8, 4) is 0 Å². The fraction of sp³-hybridized carbons (Fsp3) is 0.308. The molecule has 0 saturated heterocycles. The minimum atomic E-state index is -0.292. The Morgan fingerprint density at radius 1 is 1.30 bits per heavy atom. The summed E-state index contributed by atoms with van der Waals surface area (Å²) >= 11 is 0. The van der Waals surface area contributed by atoms with Crippen molar-refractivity contribution in [2.24, 2.45) is 5.84 Å². The van der Waals surface area contributed by atoms with E-state index >= 15 is 0 Å². The first-order valence-corrected chi connectivity index (χ1v) is 6.23. The van der Waals surface area contributed by atoms with Crippen molar-refractivity contribution in [2.45, 2.75) is 26.7 Å². The maximum Gasteiger partial charge on any atom is 0.257 e. The smallest absolute Gasteiger partial charge is 0.257 e. The number of aromatic nitrogens is 2. The normalized spacial score (nSPS) is 10.7. The highest BCUT2D eigenvalue weighted by molar-refractivity contribution is 6.04. The zero-order valence-electron chi connectivity index (χ0n) is 11.6. The van der Waals surface area contributed by atoms with Gasteiger partial charge in [0.1, 0.15) is 11.6 Å². The van der Waals surface area contributed by atoms with Crippen molar-refractivity contribution in [3.05, 3.63) is 35.2 Å². The van der Waals surface area contributed by atoms with Crippen molar-refractivity contribution in [1.82, 2.24) is 10.1 Å². The van der Waals surface area contributed by atoms with Crippen LogP contribution in [0.15, 0.2) is 22.7 Å². The number of anilines is 2. The van der Waals surface area contributed by atoms with Crippen LogP contribution >= 0.6 is 0 Å². The summed E-state index contributed by atoms with van der Waals surface area (Å²) in [6.07, 6.45) is 0. The number of nitrogens with zero attached hydrogens (tertiary/aromatic N) is 2. The zero-order valence-corrected chi connectivity index (χ0v) is 11.6. The number of nitrogen functional groups attached to an aromatic ring is 1. The highest BCUT2D eigenvalue weighted by Gasteiger charge is 2.13. The third-order valence-electron chi connectivity index (χ3n) is 2.72. The summed E-state index contributed by atoms with van der Waals surface area (Å²) in [5.41, 5.74) is 3.70. The third-order valence-corrected chi connectivity index (χ3v) is 2.72. The summed E-state index contributed by atoms with van der Waals surface area (Å²) in [4.78, 5) is 16.5. The molecule has 0 spiro atoms. The maximum absolute atomic E-state index is 12.2. The van der Waals surface area contributed by atoms with Crippen LogP contribution in [-0.4, -0.2) is 16.0 Å². The van der Waals surface area contributed by atoms with Crippen LogP contribution < -0.4 is 16.6 Å². The van der Waals surface area contributed by atoms with E-state index in [1.54, 1.807) is 25.1 Å². The molecule has 0 bridgehead atoms. The molecule has 0 atom stereocenters. The van der Waals surface area contributed by atoms with Crippen LogP contribution in [0.5, 0.6) is 0 Å². The average Bonchev–Trinajstić information content (AvgIpc) is 2.83. The summed E-state index contributed by atoms with van der Waals surface area (Å²) < 4.78 is 4.90. The van der Waals surface area contributed by atoms with Crippen molar-refractivity contribution >= 4 is 17.5 Å². The molecule has 2 heterocycles.